The van der Waals surface area contributed by atoms with E-state index in [1.54, 1.807) is 0 Å². The fraction of sp³-hybridized carbons (Fsp3) is 0.857. The Hall–Kier alpha value is -0.230. The van der Waals surface area contributed by atoms with E-state index in [0.29, 0.717) is 13.0 Å². The molecule has 0 aliphatic carbocycles. The van der Waals surface area contributed by atoms with Crippen LogP contribution in [0.1, 0.15) is 12.8 Å². The highest BCUT2D eigenvalue weighted by atomic mass is 79.9. The van der Waals surface area contributed by atoms with Gasteiger partial charge in [-0.1, -0.05) is 0 Å². The monoisotopic (exact) mass is 257 g/mol. The lowest BCUT2D eigenvalue weighted by atomic mass is 10.2. The smallest absolute Gasteiger partial charge is 0.318 e. The van der Waals surface area contributed by atoms with Crippen LogP contribution in [0, 0.1) is 0 Å². The van der Waals surface area contributed by atoms with Crippen LogP contribution in [0.2, 0.25) is 0 Å². The van der Waals surface area contributed by atoms with E-state index in [-0.39, 0.29) is 0 Å². The number of rotatable bonds is 3. The van der Waals surface area contributed by atoms with E-state index in [2.05, 4.69) is 21.2 Å². The van der Waals surface area contributed by atoms with Crippen molar-refractivity contribution in [3.63, 3.8) is 0 Å². The quantitative estimate of drug-likeness (QED) is 0.774. The molecule has 0 bridgehead atoms. The van der Waals surface area contributed by atoms with Gasteiger partial charge in [-0.3, -0.25) is 4.79 Å². The van der Waals surface area contributed by atoms with Gasteiger partial charge in [-0.15, -0.1) is 0 Å². The van der Waals surface area contributed by atoms with Crippen LogP contribution in [0.3, 0.4) is 0 Å². The number of hydrogen-bond donors (Lipinski definition) is 1. The number of hydrogen-bond acceptors (Lipinski definition) is 2. The van der Waals surface area contributed by atoms with Crippen molar-refractivity contribution >= 4 is 21.8 Å². The predicted molar refractivity (Wildman–Crippen MR) is 45.9 cm³/mol. The van der Waals surface area contributed by atoms with Crippen molar-refractivity contribution in [2.75, 3.05) is 13.2 Å². The number of carbonyl (C=O) groups is 1. The van der Waals surface area contributed by atoms with Gasteiger partial charge in [0.15, 0.2) is 0 Å². The summed E-state index contributed by atoms with van der Waals surface area (Å²) in [6.45, 7) is -0.172. The zero-order valence-electron chi connectivity index (χ0n) is 6.86. The van der Waals surface area contributed by atoms with Crippen molar-refractivity contribution in [2.45, 2.75) is 23.8 Å². The van der Waals surface area contributed by atoms with Crippen LogP contribution in [0.5, 0.6) is 0 Å². The third-order valence-corrected chi connectivity index (χ3v) is 1.97. The Morgan fingerprint density at radius 3 is 2.85 bits per heavy atom. The SMILES string of the molecule is O=C(NCC(F)(F)Br)[C@H]1CCCO1. The number of ether oxygens (including phenoxy) is 1. The van der Waals surface area contributed by atoms with E-state index in [1.807, 2.05) is 0 Å². The predicted octanol–water partition coefficient (Wildman–Crippen LogP) is 1.27. The third-order valence-electron chi connectivity index (χ3n) is 1.69. The van der Waals surface area contributed by atoms with Gasteiger partial charge in [0, 0.05) is 6.61 Å². The Balaban J connectivity index is 2.25. The van der Waals surface area contributed by atoms with Crippen LogP contribution in [-0.2, 0) is 9.53 Å². The first kappa shape index (κ1) is 10.8. The number of nitrogens with one attached hydrogen (secondary N) is 1. The highest BCUT2D eigenvalue weighted by Gasteiger charge is 2.28. The van der Waals surface area contributed by atoms with Crippen molar-refractivity contribution < 1.29 is 18.3 Å². The van der Waals surface area contributed by atoms with E-state index in [1.165, 1.54) is 0 Å². The fourth-order valence-corrected chi connectivity index (χ4v) is 1.23. The first-order valence-electron chi connectivity index (χ1n) is 3.95. The Morgan fingerprint density at radius 2 is 2.38 bits per heavy atom. The second-order valence-corrected chi connectivity index (χ2v) is 3.99. The number of halogens is 3. The van der Waals surface area contributed by atoms with Gasteiger partial charge in [-0.25, -0.2) is 0 Å². The van der Waals surface area contributed by atoms with Crippen molar-refractivity contribution in [1.82, 2.24) is 5.32 Å². The maximum absolute atomic E-state index is 12.2. The maximum atomic E-state index is 12.2. The lowest BCUT2D eigenvalue weighted by Crippen LogP contribution is -2.39. The van der Waals surface area contributed by atoms with Crippen molar-refractivity contribution in [2.24, 2.45) is 0 Å². The molecule has 1 heterocycles. The van der Waals surface area contributed by atoms with Crippen molar-refractivity contribution in [3.8, 4) is 0 Å². The van der Waals surface area contributed by atoms with Gasteiger partial charge in [0.05, 0.1) is 6.54 Å². The number of alkyl halides is 3. The van der Waals surface area contributed by atoms with Crippen LogP contribution in [0.25, 0.3) is 0 Å². The molecule has 76 valence electrons. The first-order valence-corrected chi connectivity index (χ1v) is 4.74. The van der Waals surface area contributed by atoms with E-state index >= 15 is 0 Å². The normalized spacial score (nSPS) is 23.2. The summed E-state index contributed by atoms with van der Waals surface area (Å²) >= 11 is 2.13. The minimum absolute atomic E-state index is 0.461. The average Bonchev–Trinajstić information content (AvgIpc) is 2.50. The molecule has 1 N–H and O–H groups in total. The summed E-state index contributed by atoms with van der Waals surface area (Å²) in [6, 6.07) is 0. The third kappa shape index (κ3) is 3.99. The standard InChI is InChI=1S/C7H10BrF2NO2/c8-7(9,10)4-11-6(12)5-2-1-3-13-5/h5H,1-4H2,(H,11,12)/t5-/m1/s1. The van der Waals surface area contributed by atoms with Crippen molar-refractivity contribution in [1.29, 1.82) is 0 Å². The van der Waals surface area contributed by atoms with Crippen LogP contribution in [0.4, 0.5) is 8.78 Å². The van der Waals surface area contributed by atoms with E-state index in [9.17, 15) is 13.6 Å². The lowest BCUT2D eigenvalue weighted by molar-refractivity contribution is -0.130. The van der Waals surface area contributed by atoms with Gasteiger partial charge < -0.3 is 10.1 Å². The molecule has 1 fully saturated rings. The molecule has 1 atom stereocenters. The summed E-state index contributed by atoms with van der Waals surface area (Å²) in [5, 5.41) is 2.10. The second-order valence-electron chi connectivity index (χ2n) is 2.83. The average molecular weight is 258 g/mol. The molecule has 3 nitrogen and oxygen atoms in total. The molecule has 1 amide bonds. The van der Waals surface area contributed by atoms with Gasteiger partial charge >= 0.3 is 4.83 Å². The summed E-state index contributed by atoms with van der Waals surface area (Å²) < 4.78 is 29.5. The van der Waals surface area contributed by atoms with Gasteiger partial charge in [-0.2, -0.15) is 8.78 Å². The van der Waals surface area contributed by atoms with E-state index < -0.39 is 23.4 Å². The molecule has 0 aromatic rings. The van der Waals surface area contributed by atoms with Crippen LogP contribution in [-0.4, -0.2) is 30.0 Å². The molecule has 0 aromatic carbocycles. The molecule has 0 saturated carbocycles. The Morgan fingerprint density at radius 1 is 1.69 bits per heavy atom. The van der Waals surface area contributed by atoms with Crippen LogP contribution >= 0.6 is 15.9 Å². The molecule has 0 spiro atoms. The summed E-state index contributed by atoms with van der Waals surface area (Å²) in [5.74, 6) is -0.461. The molecule has 1 aliphatic heterocycles. The van der Waals surface area contributed by atoms with Gasteiger partial charge in [0.1, 0.15) is 6.10 Å². The number of amides is 1. The molecular weight excluding hydrogens is 248 g/mol. The zero-order chi connectivity index (χ0) is 9.90. The molecule has 1 saturated heterocycles. The minimum atomic E-state index is -3.04. The zero-order valence-corrected chi connectivity index (χ0v) is 8.44. The Kier molecular flexibility index (Phi) is 3.61. The number of carbonyl (C=O) groups excluding carboxylic acids is 1. The van der Waals surface area contributed by atoms with Gasteiger partial charge in [-0.05, 0) is 28.8 Å². The molecule has 13 heavy (non-hydrogen) atoms. The topological polar surface area (TPSA) is 38.3 Å². The molecule has 1 rings (SSSR count). The fourth-order valence-electron chi connectivity index (χ4n) is 1.09. The molecule has 0 unspecified atom stereocenters. The molecule has 6 heteroatoms. The van der Waals surface area contributed by atoms with Gasteiger partial charge in [0.2, 0.25) is 5.91 Å². The largest absolute Gasteiger partial charge is 0.368 e. The highest BCUT2D eigenvalue weighted by Crippen LogP contribution is 2.20. The maximum Gasteiger partial charge on any atom is 0.318 e. The minimum Gasteiger partial charge on any atom is -0.368 e. The van der Waals surface area contributed by atoms with Crippen LogP contribution in [0.15, 0.2) is 0 Å². The summed E-state index contributed by atoms with van der Waals surface area (Å²) in [5.41, 5.74) is 0. The lowest BCUT2D eigenvalue weighted by Gasteiger charge is -2.12. The second kappa shape index (κ2) is 4.32. The van der Waals surface area contributed by atoms with Gasteiger partial charge in [0.25, 0.3) is 0 Å². The molecule has 0 aromatic heterocycles. The first-order chi connectivity index (χ1) is 5.99. The molecule has 1 aliphatic rings. The summed E-state index contributed by atoms with van der Waals surface area (Å²) in [4.78, 5) is 8.06. The summed E-state index contributed by atoms with van der Waals surface area (Å²) in [6.07, 6.45) is 0.873. The Labute approximate surface area is 82.9 Å². The summed E-state index contributed by atoms with van der Waals surface area (Å²) in [7, 11) is 0. The van der Waals surface area contributed by atoms with Crippen LogP contribution < -0.4 is 5.32 Å². The molecular formula is C7H10BrF2NO2. The molecule has 0 radical (unpaired) electrons. The van der Waals surface area contributed by atoms with Crippen molar-refractivity contribution in [3.05, 3.63) is 0 Å². The highest BCUT2D eigenvalue weighted by molar-refractivity contribution is 9.10. The van der Waals surface area contributed by atoms with E-state index in [0.717, 1.165) is 6.42 Å². The van der Waals surface area contributed by atoms with E-state index in [4.69, 9.17) is 4.74 Å². The Bertz CT molecular complexity index is 189.